The van der Waals surface area contributed by atoms with Gasteiger partial charge in [0.2, 0.25) is 0 Å². The van der Waals surface area contributed by atoms with E-state index in [9.17, 15) is 4.79 Å². The van der Waals surface area contributed by atoms with Gasteiger partial charge in [0.25, 0.3) is 0 Å². The van der Waals surface area contributed by atoms with E-state index in [1.165, 1.54) is 0 Å². The second-order valence-electron chi connectivity index (χ2n) is 5.29. The lowest BCUT2D eigenvalue weighted by molar-refractivity contribution is 0.0464. The lowest BCUT2D eigenvalue weighted by atomic mass is 10.0. The Kier molecular flexibility index (Phi) is 5.38. The molecule has 0 aliphatic carbocycles. The minimum Gasteiger partial charge on any atom is -0.381 e. The number of rotatable bonds is 4. The highest BCUT2D eigenvalue weighted by Crippen LogP contribution is 2.15. The lowest BCUT2D eigenvalue weighted by Gasteiger charge is -2.27. The predicted octanol–water partition coefficient (Wildman–Crippen LogP) is 2.04. The van der Waals surface area contributed by atoms with Crippen molar-refractivity contribution in [2.75, 3.05) is 32.1 Å². The first-order valence-electron chi connectivity index (χ1n) is 7.08. The van der Waals surface area contributed by atoms with Crippen LogP contribution in [0.1, 0.15) is 18.4 Å². The molecule has 2 rings (SSSR count). The average molecular weight is 277 g/mol. The summed E-state index contributed by atoms with van der Waals surface area (Å²) >= 11 is 0. The number of carbonyl (C=O) groups is 1. The summed E-state index contributed by atoms with van der Waals surface area (Å²) in [6.07, 6.45) is 2.21. The van der Waals surface area contributed by atoms with Crippen molar-refractivity contribution in [1.29, 1.82) is 0 Å². The summed E-state index contributed by atoms with van der Waals surface area (Å²) in [6.45, 7) is 2.84. The zero-order valence-electron chi connectivity index (χ0n) is 12.0. The minimum absolute atomic E-state index is 0.0870. The van der Waals surface area contributed by atoms with Gasteiger partial charge in [0.1, 0.15) is 0 Å². The summed E-state index contributed by atoms with van der Waals surface area (Å²) in [5.41, 5.74) is 7.39. The van der Waals surface area contributed by atoms with Gasteiger partial charge in [-0.3, -0.25) is 0 Å². The molecule has 20 heavy (non-hydrogen) atoms. The number of nitrogens with zero attached hydrogens (tertiary/aromatic N) is 1. The Hall–Kier alpha value is -1.59. The van der Waals surface area contributed by atoms with Gasteiger partial charge in [-0.05, 0) is 30.5 Å². The number of ether oxygens (including phenoxy) is 1. The molecule has 1 aliphatic rings. The summed E-state index contributed by atoms with van der Waals surface area (Å²) in [7, 11) is 1.82. The molecule has 1 fully saturated rings. The number of anilines is 1. The first kappa shape index (κ1) is 14.8. The minimum atomic E-state index is -0.0870. The van der Waals surface area contributed by atoms with Crippen molar-refractivity contribution >= 4 is 11.7 Å². The fraction of sp³-hybridized carbons (Fsp3) is 0.533. The van der Waals surface area contributed by atoms with Crippen LogP contribution in [0.3, 0.4) is 0 Å². The van der Waals surface area contributed by atoms with Gasteiger partial charge in [0.15, 0.2) is 0 Å². The largest absolute Gasteiger partial charge is 0.381 e. The highest BCUT2D eigenvalue weighted by atomic mass is 16.5. The quantitative estimate of drug-likeness (QED) is 0.885. The van der Waals surface area contributed by atoms with E-state index in [2.05, 4.69) is 5.32 Å². The molecule has 5 nitrogen and oxygen atoms in total. The van der Waals surface area contributed by atoms with Gasteiger partial charge in [-0.2, -0.15) is 0 Å². The Morgan fingerprint density at radius 2 is 2.20 bits per heavy atom. The topological polar surface area (TPSA) is 67.6 Å². The van der Waals surface area contributed by atoms with Crippen molar-refractivity contribution in [3.05, 3.63) is 29.8 Å². The molecule has 110 valence electrons. The van der Waals surface area contributed by atoms with E-state index in [1.807, 2.05) is 31.3 Å². The van der Waals surface area contributed by atoms with Gasteiger partial charge >= 0.3 is 6.03 Å². The number of benzene rings is 1. The van der Waals surface area contributed by atoms with Crippen LogP contribution in [0, 0.1) is 5.92 Å². The van der Waals surface area contributed by atoms with Crippen LogP contribution in [0.15, 0.2) is 24.3 Å². The third-order valence-electron chi connectivity index (χ3n) is 3.57. The first-order valence-corrected chi connectivity index (χ1v) is 7.08. The molecule has 1 aromatic rings. The molecule has 1 atom stereocenters. The zero-order chi connectivity index (χ0) is 14.4. The van der Waals surface area contributed by atoms with Gasteiger partial charge in [0.05, 0.1) is 6.61 Å². The third-order valence-corrected chi connectivity index (χ3v) is 3.57. The van der Waals surface area contributed by atoms with Crippen LogP contribution in [0.4, 0.5) is 10.5 Å². The Balaban J connectivity index is 1.83. The first-order chi connectivity index (χ1) is 9.69. The van der Waals surface area contributed by atoms with Crippen molar-refractivity contribution in [2.24, 2.45) is 11.7 Å². The Bertz CT molecular complexity index is 427. The lowest BCUT2D eigenvalue weighted by Crippen LogP contribution is -2.37. The summed E-state index contributed by atoms with van der Waals surface area (Å²) in [5.74, 6) is 0.444. The highest BCUT2D eigenvalue weighted by Gasteiger charge is 2.18. The van der Waals surface area contributed by atoms with E-state index in [-0.39, 0.29) is 6.03 Å². The van der Waals surface area contributed by atoms with Crippen molar-refractivity contribution in [2.45, 2.75) is 19.4 Å². The van der Waals surface area contributed by atoms with E-state index in [4.69, 9.17) is 10.5 Å². The Labute approximate surface area is 120 Å². The molecule has 3 N–H and O–H groups in total. The van der Waals surface area contributed by atoms with Crippen molar-refractivity contribution in [1.82, 2.24) is 4.90 Å². The third kappa shape index (κ3) is 4.21. The average Bonchev–Trinajstić information content (AvgIpc) is 2.49. The van der Waals surface area contributed by atoms with E-state index in [0.717, 1.165) is 43.9 Å². The van der Waals surface area contributed by atoms with Crippen molar-refractivity contribution < 1.29 is 9.53 Å². The number of hydrogen-bond donors (Lipinski definition) is 2. The van der Waals surface area contributed by atoms with E-state index in [1.54, 1.807) is 4.90 Å². The summed E-state index contributed by atoms with van der Waals surface area (Å²) < 4.78 is 5.44. The number of nitrogens with two attached hydrogens (primary N) is 1. The fourth-order valence-electron chi connectivity index (χ4n) is 2.36. The van der Waals surface area contributed by atoms with Crippen LogP contribution in [-0.4, -0.2) is 37.7 Å². The summed E-state index contributed by atoms with van der Waals surface area (Å²) in [6, 6.07) is 7.50. The fourth-order valence-corrected chi connectivity index (χ4v) is 2.36. The normalized spacial score (nSPS) is 18.6. The number of urea groups is 1. The van der Waals surface area contributed by atoms with Gasteiger partial charge in [-0.15, -0.1) is 0 Å². The molecular weight excluding hydrogens is 254 g/mol. The number of nitrogens with one attached hydrogen (secondary N) is 1. The highest BCUT2D eigenvalue weighted by molar-refractivity contribution is 5.89. The molecule has 0 bridgehead atoms. The summed E-state index contributed by atoms with van der Waals surface area (Å²) in [5, 5.41) is 2.89. The number of carbonyl (C=O) groups excluding carboxylic acids is 1. The van der Waals surface area contributed by atoms with Crippen molar-refractivity contribution in [3.63, 3.8) is 0 Å². The Morgan fingerprint density at radius 1 is 1.45 bits per heavy atom. The molecule has 1 aliphatic heterocycles. The Morgan fingerprint density at radius 3 is 2.80 bits per heavy atom. The van der Waals surface area contributed by atoms with E-state index in [0.29, 0.717) is 12.5 Å². The second kappa shape index (κ2) is 7.26. The molecule has 0 aromatic heterocycles. The van der Waals surface area contributed by atoms with Crippen LogP contribution in [0.2, 0.25) is 0 Å². The molecule has 1 aromatic carbocycles. The van der Waals surface area contributed by atoms with Crippen molar-refractivity contribution in [3.8, 4) is 0 Å². The zero-order valence-corrected chi connectivity index (χ0v) is 12.0. The van der Waals surface area contributed by atoms with E-state index >= 15 is 0 Å². The second-order valence-corrected chi connectivity index (χ2v) is 5.29. The molecule has 5 heteroatoms. The van der Waals surface area contributed by atoms with Gasteiger partial charge < -0.3 is 20.7 Å². The number of hydrogen-bond acceptors (Lipinski definition) is 3. The smallest absolute Gasteiger partial charge is 0.321 e. The summed E-state index contributed by atoms with van der Waals surface area (Å²) in [4.78, 5) is 13.8. The van der Waals surface area contributed by atoms with E-state index < -0.39 is 0 Å². The maximum atomic E-state index is 12.1. The molecule has 1 saturated heterocycles. The van der Waals surface area contributed by atoms with Crippen LogP contribution >= 0.6 is 0 Å². The molecule has 0 spiro atoms. The van der Waals surface area contributed by atoms with Crippen LogP contribution in [-0.2, 0) is 11.3 Å². The molecular formula is C15H23N3O2. The standard InChI is InChI=1S/C15H23N3O2/c1-18(10-13-3-2-8-20-11-13)15(19)17-14-6-4-12(9-16)5-7-14/h4-7,13H,2-3,8-11,16H2,1H3,(H,17,19). The molecule has 2 amide bonds. The van der Waals surface area contributed by atoms with Crippen LogP contribution < -0.4 is 11.1 Å². The molecule has 1 unspecified atom stereocenters. The molecule has 1 heterocycles. The number of amides is 2. The maximum absolute atomic E-state index is 12.1. The predicted molar refractivity (Wildman–Crippen MR) is 79.5 cm³/mol. The maximum Gasteiger partial charge on any atom is 0.321 e. The molecule has 0 radical (unpaired) electrons. The van der Waals surface area contributed by atoms with Gasteiger partial charge in [-0.1, -0.05) is 12.1 Å². The van der Waals surface area contributed by atoms with Crippen LogP contribution in [0.5, 0.6) is 0 Å². The SMILES string of the molecule is CN(CC1CCCOC1)C(=O)Nc1ccc(CN)cc1. The monoisotopic (exact) mass is 277 g/mol. The molecule has 0 saturated carbocycles. The van der Waals surface area contributed by atoms with Gasteiger partial charge in [0, 0.05) is 38.3 Å². The van der Waals surface area contributed by atoms with Gasteiger partial charge in [-0.25, -0.2) is 4.79 Å². The van der Waals surface area contributed by atoms with Crippen LogP contribution in [0.25, 0.3) is 0 Å².